The van der Waals surface area contributed by atoms with E-state index in [4.69, 9.17) is 0 Å². The van der Waals surface area contributed by atoms with Gasteiger partial charge in [0.25, 0.3) is 0 Å². The van der Waals surface area contributed by atoms with Crippen LogP contribution in [-0.4, -0.2) is 36.3 Å². The quantitative estimate of drug-likeness (QED) is 0.648. The van der Waals surface area contributed by atoms with Crippen molar-refractivity contribution in [1.29, 1.82) is 0 Å². The summed E-state index contributed by atoms with van der Waals surface area (Å²) in [7, 11) is -0.707. The lowest BCUT2D eigenvalue weighted by Gasteiger charge is -2.06. The molecule has 0 unspecified atom stereocenters. The molecule has 0 bridgehead atoms. The van der Waals surface area contributed by atoms with Crippen molar-refractivity contribution in [2.75, 3.05) is 7.11 Å². The minimum Gasteiger partial charge on any atom is -0.465 e. The summed E-state index contributed by atoms with van der Waals surface area (Å²) >= 11 is 0. The van der Waals surface area contributed by atoms with Gasteiger partial charge in [-0.2, -0.15) is 5.10 Å². The van der Waals surface area contributed by atoms with Crippen LogP contribution in [0.3, 0.4) is 0 Å². The highest BCUT2D eigenvalue weighted by Gasteiger charge is 2.16. The van der Waals surface area contributed by atoms with Gasteiger partial charge in [-0.25, -0.2) is 17.9 Å². The van der Waals surface area contributed by atoms with Crippen molar-refractivity contribution >= 4 is 16.0 Å². The minimum absolute atomic E-state index is 0.0295. The maximum atomic E-state index is 12.4. The van der Waals surface area contributed by atoms with E-state index in [9.17, 15) is 13.2 Å². The third-order valence-corrected chi connectivity index (χ3v) is 5.30. The minimum atomic E-state index is -3.74. The number of methoxy groups -OCH3 is 1. The third-order valence-electron chi connectivity index (χ3n) is 3.89. The van der Waals surface area contributed by atoms with Gasteiger partial charge in [0.2, 0.25) is 10.0 Å². The molecule has 0 atom stereocenters. The van der Waals surface area contributed by atoms with Gasteiger partial charge in [-0.3, -0.25) is 9.67 Å². The Morgan fingerprint density at radius 3 is 2.56 bits per heavy atom. The van der Waals surface area contributed by atoms with E-state index < -0.39 is 16.0 Å². The number of benzene rings is 1. The van der Waals surface area contributed by atoms with Crippen LogP contribution in [-0.2, 0) is 28.4 Å². The summed E-state index contributed by atoms with van der Waals surface area (Å²) in [5.41, 5.74) is 2.38. The average Bonchev–Trinajstić information content (AvgIpc) is 3.07. The molecule has 2 aromatic heterocycles. The summed E-state index contributed by atoms with van der Waals surface area (Å²) < 4.78 is 33.6. The second-order valence-electron chi connectivity index (χ2n) is 5.70. The number of aryl methyl sites for hydroxylation is 1. The Kier molecular flexibility index (Phi) is 5.33. The molecule has 2 heterocycles. The van der Waals surface area contributed by atoms with Crippen LogP contribution in [0.15, 0.2) is 59.6 Å². The molecule has 0 saturated heterocycles. The topological polar surface area (TPSA) is 103 Å². The van der Waals surface area contributed by atoms with E-state index in [0.29, 0.717) is 5.69 Å². The van der Waals surface area contributed by atoms with Crippen molar-refractivity contribution in [1.82, 2.24) is 19.5 Å². The second-order valence-corrected chi connectivity index (χ2v) is 7.47. The van der Waals surface area contributed by atoms with Gasteiger partial charge in [-0.15, -0.1) is 0 Å². The number of hydrogen-bond donors (Lipinski definition) is 1. The van der Waals surface area contributed by atoms with E-state index in [0.717, 1.165) is 11.4 Å². The number of nitrogens with zero attached hydrogens (tertiary/aromatic N) is 3. The highest BCUT2D eigenvalue weighted by molar-refractivity contribution is 7.89. The molecule has 0 amide bonds. The van der Waals surface area contributed by atoms with Gasteiger partial charge in [-0.05, 0) is 42.5 Å². The van der Waals surface area contributed by atoms with E-state index in [1.165, 1.54) is 31.4 Å². The predicted molar refractivity (Wildman–Crippen MR) is 98.2 cm³/mol. The predicted octanol–water partition coefficient (Wildman–Crippen LogP) is 1.75. The summed E-state index contributed by atoms with van der Waals surface area (Å²) in [6, 6.07) is 12.8. The van der Waals surface area contributed by atoms with E-state index in [-0.39, 0.29) is 17.0 Å². The molecule has 27 heavy (non-hydrogen) atoms. The molecule has 0 fully saturated rings. The molecule has 3 aromatic rings. The van der Waals surface area contributed by atoms with E-state index in [1.807, 2.05) is 18.2 Å². The molecule has 8 nitrogen and oxygen atoms in total. The Balaban J connectivity index is 1.73. The second kappa shape index (κ2) is 7.68. The van der Waals surface area contributed by atoms with Crippen LogP contribution in [0, 0.1) is 0 Å². The summed E-state index contributed by atoms with van der Waals surface area (Å²) in [6.07, 6.45) is 1.68. The molecule has 0 saturated carbocycles. The van der Waals surface area contributed by atoms with Gasteiger partial charge in [-0.1, -0.05) is 6.07 Å². The van der Waals surface area contributed by atoms with Crippen LogP contribution in [0.25, 0.3) is 11.4 Å². The molecule has 0 aliphatic carbocycles. The molecule has 9 heteroatoms. The number of esters is 1. The molecular formula is C18H18N4O4S. The zero-order valence-corrected chi connectivity index (χ0v) is 15.6. The molecule has 0 aliphatic heterocycles. The number of carbonyl (C=O) groups is 1. The summed E-state index contributed by atoms with van der Waals surface area (Å²) in [5, 5.41) is 4.32. The van der Waals surface area contributed by atoms with Gasteiger partial charge < -0.3 is 4.74 Å². The summed E-state index contributed by atoms with van der Waals surface area (Å²) in [6.45, 7) is 0.0295. The Labute approximate surface area is 156 Å². The van der Waals surface area contributed by atoms with Crippen LogP contribution in [0.5, 0.6) is 0 Å². The lowest BCUT2D eigenvalue weighted by Crippen LogP contribution is -2.23. The standard InChI is InChI=1S/C18H18N4O4S/c1-22-17(16-5-3-4-10-19-16)11-14(21-22)12-20-27(24,25)15-8-6-13(7-9-15)18(23)26-2/h3-11,20H,12H2,1-2H3. The van der Waals surface area contributed by atoms with Crippen molar-refractivity contribution in [3.8, 4) is 11.4 Å². The Morgan fingerprint density at radius 1 is 1.19 bits per heavy atom. The highest BCUT2D eigenvalue weighted by atomic mass is 32.2. The van der Waals surface area contributed by atoms with Crippen molar-refractivity contribution in [3.05, 3.63) is 66.0 Å². The maximum absolute atomic E-state index is 12.4. The molecule has 3 rings (SSSR count). The van der Waals surface area contributed by atoms with Gasteiger partial charge in [0.05, 0.1) is 41.2 Å². The Morgan fingerprint density at radius 2 is 1.93 bits per heavy atom. The first-order valence-electron chi connectivity index (χ1n) is 8.03. The molecule has 140 valence electrons. The van der Waals surface area contributed by atoms with Gasteiger partial charge in [0.1, 0.15) is 0 Å². The van der Waals surface area contributed by atoms with E-state index in [1.54, 1.807) is 24.0 Å². The maximum Gasteiger partial charge on any atom is 0.337 e. The molecule has 0 aliphatic rings. The van der Waals surface area contributed by atoms with Gasteiger partial charge >= 0.3 is 5.97 Å². The van der Waals surface area contributed by atoms with Crippen LogP contribution >= 0.6 is 0 Å². The first kappa shape index (κ1) is 18.7. The number of sulfonamides is 1. The fraction of sp³-hybridized carbons (Fsp3) is 0.167. The van der Waals surface area contributed by atoms with Crippen LogP contribution in [0.1, 0.15) is 16.1 Å². The van der Waals surface area contributed by atoms with E-state index in [2.05, 4.69) is 19.5 Å². The number of pyridine rings is 1. The van der Waals surface area contributed by atoms with E-state index >= 15 is 0 Å². The van der Waals surface area contributed by atoms with Crippen LogP contribution in [0.2, 0.25) is 0 Å². The number of carbonyl (C=O) groups excluding carboxylic acids is 1. The first-order valence-corrected chi connectivity index (χ1v) is 9.51. The summed E-state index contributed by atoms with van der Waals surface area (Å²) in [5.74, 6) is -0.526. The van der Waals surface area contributed by atoms with Crippen molar-refractivity contribution in [2.24, 2.45) is 7.05 Å². The first-order chi connectivity index (χ1) is 12.9. The largest absolute Gasteiger partial charge is 0.465 e. The van der Waals surface area contributed by atoms with Crippen molar-refractivity contribution in [3.63, 3.8) is 0 Å². The number of ether oxygens (including phenoxy) is 1. The van der Waals surface area contributed by atoms with Crippen molar-refractivity contribution in [2.45, 2.75) is 11.4 Å². The Hall–Kier alpha value is -3.04. The number of rotatable bonds is 6. The lowest BCUT2D eigenvalue weighted by molar-refractivity contribution is 0.0600. The Bertz CT molecular complexity index is 1040. The fourth-order valence-electron chi connectivity index (χ4n) is 2.51. The molecule has 1 N–H and O–H groups in total. The number of aromatic nitrogens is 3. The molecular weight excluding hydrogens is 368 g/mol. The fourth-order valence-corrected chi connectivity index (χ4v) is 3.51. The average molecular weight is 386 g/mol. The molecule has 0 radical (unpaired) electrons. The lowest BCUT2D eigenvalue weighted by atomic mass is 10.2. The van der Waals surface area contributed by atoms with Crippen LogP contribution in [0.4, 0.5) is 0 Å². The number of nitrogens with one attached hydrogen (secondary N) is 1. The zero-order chi connectivity index (χ0) is 19.4. The monoisotopic (exact) mass is 386 g/mol. The zero-order valence-electron chi connectivity index (χ0n) is 14.8. The highest BCUT2D eigenvalue weighted by Crippen LogP contribution is 2.17. The van der Waals surface area contributed by atoms with Crippen molar-refractivity contribution < 1.29 is 17.9 Å². The summed E-state index contributed by atoms with van der Waals surface area (Å²) in [4.78, 5) is 15.8. The normalized spacial score (nSPS) is 11.3. The number of hydrogen-bond acceptors (Lipinski definition) is 6. The SMILES string of the molecule is COC(=O)c1ccc(S(=O)(=O)NCc2cc(-c3ccccn3)n(C)n2)cc1. The smallest absolute Gasteiger partial charge is 0.337 e. The van der Waals surface area contributed by atoms with Crippen LogP contribution < -0.4 is 4.72 Å². The molecule has 1 aromatic carbocycles. The van der Waals surface area contributed by atoms with Gasteiger partial charge in [0.15, 0.2) is 0 Å². The third kappa shape index (κ3) is 4.21. The molecule has 0 spiro atoms. The van der Waals surface area contributed by atoms with Gasteiger partial charge in [0, 0.05) is 13.2 Å².